The van der Waals surface area contributed by atoms with E-state index in [0.717, 1.165) is 6.07 Å². The number of benzene rings is 1. The lowest BCUT2D eigenvalue weighted by Gasteiger charge is -2.13. The predicted octanol–water partition coefficient (Wildman–Crippen LogP) is 2.60. The summed E-state index contributed by atoms with van der Waals surface area (Å²) in [5, 5.41) is 3.57. The third-order valence-corrected chi connectivity index (χ3v) is 1.15. The first-order valence-corrected chi connectivity index (χ1v) is 2.79. The van der Waals surface area contributed by atoms with Crippen molar-refractivity contribution in [3.05, 3.63) is 35.2 Å². The molecular formula is C7H6F2N-. The lowest BCUT2D eigenvalue weighted by atomic mass is 10.3. The van der Waals surface area contributed by atoms with Crippen LogP contribution in [0.25, 0.3) is 5.32 Å². The Balaban J connectivity index is 3.07. The van der Waals surface area contributed by atoms with E-state index < -0.39 is 11.6 Å². The van der Waals surface area contributed by atoms with Crippen LogP contribution in [0.2, 0.25) is 0 Å². The first-order chi connectivity index (χ1) is 4.74. The first-order valence-electron chi connectivity index (χ1n) is 2.79. The molecule has 0 radical (unpaired) electrons. The second-order valence-corrected chi connectivity index (χ2v) is 1.82. The van der Waals surface area contributed by atoms with Crippen LogP contribution < -0.4 is 0 Å². The molecule has 0 saturated heterocycles. The van der Waals surface area contributed by atoms with Gasteiger partial charge in [-0.25, -0.2) is 8.78 Å². The highest BCUT2D eigenvalue weighted by Gasteiger charge is 1.93. The molecule has 54 valence electrons. The molecule has 1 rings (SSSR count). The van der Waals surface area contributed by atoms with Gasteiger partial charge in [0.2, 0.25) is 0 Å². The quantitative estimate of drug-likeness (QED) is 0.572. The van der Waals surface area contributed by atoms with E-state index >= 15 is 0 Å². The molecule has 1 nitrogen and oxygen atoms in total. The van der Waals surface area contributed by atoms with Crippen LogP contribution in [0.4, 0.5) is 14.5 Å². The fourth-order valence-corrected chi connectivity index (χ4v) is 0.663. The Morgan fingerprint density at radius 2 is 2.00 bits per heavy atom. The molecule has 0 aliphatic carbocycles. The molecule has 3 heteroatoms. The van der Waals surface area contributed by atoms with Crippen molar-refractivity contribution in [1.29, 1.82) is 0 Å². The lowest BCUT2D eigenvalue weighted by molar-refractivity contribution is 0.586. The van der Waals surface area contributed by atoms with E-state index in [4.69, 9.17) is 0 Å². The van der Waals surface area contributed by atoms with Gasteiger partial charge in [-0.05, 0) is 6.07 Å². The molecule has 0 aliphatic heterocycles. The summed E-state index contributed by atoms with van der Waals surface area (Å²) in [5.41, 5.74) is 0.182. The third-order valence-electron chi connectivity index (χ3n) is 1.15. The van der Waals surface area contributed by atoms with Crippen LogP contribution in [0.5, 0.6) is 0 Å². The largest absolute Gasteiger partial charge is 0.685 e. The second-order valence-electron chi connectivity index (χ2n) is 1.82. The minimum Gasteiger partial charge on any atom is -0.685 e. The van der Waals surface area contributed by atoms with Crippen molar-refractivity contribution in [2.75, 3.05) is 7.05 Å². The van der Waals surface area contributed by atoms with Gasteiger partial charge in [-0.1, -0.05) is 6.07 Å². The number of hydrogen-bond acceptors (Lipinski definition) is 0. The Bertz CT molecular complexity index is 235. The summed E-state index contributed by atoms with van der Waals surface area (Å²) in [6, 6.07) is 3.28. The van der Waals surface area contributed by atoms with Crippen LogP contribution in [0, 0.1) is 11.6 Å². The number of nitrogens with zero attached hydrogens (tertiary/aromatic N) is 1. The van der Waals surface area contributed by atoms with Gasteiger partial charge in [-0.15, -0.1) is 12.7 Å². The molecule has 0 amide bonds. The van der Waals surface area contributed by atoms with E-state index in [2.05, 4.69) is 5.32 Å². The summed E-state index contributed by atoms with van der Waals surface area (Å²) in [4.78, 5) is 0. The summed E-state index contributed by atoms with van der Waals surface area (Å²) >= 11 is 0. The maximum Gasteiger partial charge on any atom is 0.126 e. The van der Waals surface area contributed by atoms with E-state index in [-0.39, 0.29) is 5.69 Å². The van der Waals surface area contributed by atoms with Gasteiger partial charge in [-0.2, -0.15) is 0 Å². The Labute approximate surface area is 57.7 Å². The molecule has 0 bridgehead atoms. The Morgan fingerprint density at radius 1 is 1.30 bits per heavy atom. The minimum absolute atomic E-state index is 0.182. The monoisotopic (exact) mass is 142 g/mol. The molecule has 0 atom stereocenters. The van der Waals surface area contributed by atoms with Gasteiger partial charge in [0.15, 0.2) is 0 Å². The topological polar surface area (TPSA) is 14.1 Å². The fraction of sp³-hybridized carbons (Fsp3) is 0.143. The summed E-state index contributed by atoms with van der Waals surface area (Å²) in [5.74, 6) is -1.20. The van der Waals surface area contributed by atoms with Gasteiger partial charge < -0.3 is 5.32 Å². The Morgan fingerprint density at radius 3 is 2.50 bits per heavy atom. The van der Waals surface area contributed by atoms with Crippen LogP contribution in [0.1, 0.15) is 0 Å². The molecule has 1 aromatic rings. The van der Waals surface area contributed by atoms with Gasteiger partial charge >= 0.3 is 0 Å². The van der Waals surface area contributed by atoms with Crippen molar-refractivity contribution in [3.63, 3.8) is 0 Å². The molecule has 0 saturated carbocycles. The van der Waals surface area contributed by atoms with Crippen LogP contribution in [-0.4, -0.2) is 7.05 Å². The highest BCUT2D eigenvalue weighted by Crippen LogP contribution is 2.20. The molecule has 10 heavy (non-hydrogen) atoms. The second kappa shape index (κ2) is 2.64. The van der Waals surface area contributed by atoms with E-state index in [9.17, 15) is 8.78 Å². The fourth-order valence-electron chi connectivity index (χ4n) is 0.663. The van der Waals surface area contributed by atoms with E-state index in [0.29, 0.717) is 0 Å². The Hall–Kier alpha value is -1.12. The molecule has 0 N–H and O–H groups in total. The van der Waals surface area contributed by atoms with E-state index in [1.165, 1.54) is 19.2 Å². The van der Waals surface area contributed by atoms with Crippen molar-refractivity contribution in [3.8, 4) is 0 Å². The minimum atomic E-state index is -0.623. The summed E-state index contributed by atoms with van der Waals surface area (Å²) in [6.45, 7) is 0. The van der Waals surface area contributed by atoms with Gasteiger partial charge in [0, 0.05) is 6.07 Å². The van der Waals surface area contributed by atoms with Gasteiger partial charge in [0.25, 0.3) is 0 Å². The average Bonchev–Trinajstić information content (AvgIpc) is 1.88. The Kier molecular flexibility index (Phi) is 1.85. The van der Waals surface area contributed by atoms with Gasteiger partial charge in [0.05, 0.1) is 0 Å². The lowest BCUT2D eigenvalue weighted by Crippen LogP contribution is -1.78. The van der Waals surface area contributed by atoms with Crippen LogP contribution in [-0.2, 0) is 0 Å². The average molecular weight is 142 g/mol. The van der Waals surface area contributed by atoms with E-state index in [1.54, 1.807) is 0 Å². The van der Waals surface area contributed by atoms with Crippen molar-refractivity contribution in [1.82, 2.24) is 0 Å². The third kappa shape index (κ3) is 1.23. The smallest absolute Gasteiger partial charge is 0.126 e. The zero-order valence-corrected chi connectivity index (χ0v) is 5.44. The molecule has 1 aromatic carbocycles. The highest BCUT2D eigenvalue weighted by atomic mass is 19.1. The standard InChI is InChI=1S/C7H6F2N/c1-10-7-3-2-5(8)4-6(7)9/h2-4H,1H3/q-1. The van der Waals surface area contributed by atoms with Crippen molar-refractivity contribution in [2.45, 2.75) is 0 Å². The maximum absolute atomic E-state index is 12.5. The first kappa shape index (κ1) is 6.99. The SMILES string of the molecule is C[N-]c1ccc(F)cc1F. The van der Waals surface area contributed by atoms with E-state index in [1.807, 2.05) is 0 Å². The van der Waals surface area contributed by atoms with Gasteiger partial charge in [0.1, 0.15) is 11.6 Å². The summed E-state index contributed by atoms with van der Waals surface area (Å²) in [7, 11) is 1.45. The van der Waals surface area contributed by atoms with Crippen molar-refractivity contribution in [2.24, 2.45) is 0 Å². The van der Waals surface area contributed by atoms with Crippen LogP contribution in [0.15, 0.2) is 18.2 Å². The molecule has 0 heterocycles. The normalized spacial score (nSPS) is 9.50. The van der Waals surface area contributed by atoms with Crippen LogP contribution >= 0.6 is 0 Å². The molecule has 0 spiro atoms. The van der Waals surface area contributed by atoms with Crippen molar-refractivity contribution >= 4 is 5.69 Å². The molecule has 0 aliphatic rings. The molecule has 0 aromatic heterocycles. The predicted molar refractivity (Wildman–Crippen MR) is 35.3 cm³/mol. The van der Waals surface area contributed by atoms with Crippen LogP contribution in [0.3, 0.4) is 0 Å². The number of hydrogen-bond donors (Lipinski definition) is 0. The van der Waals surface area contributed by atoms with Gasteiger partial charge in [-0.3, -0.25) is 0 Å². The molecule has 0 fully saturated rings. The number of rotatable bonds is 1. The number of halogens is 2. The molecular weight excluding hydrogens is 136 g/mol. The van der Waals surface area contributed by atoms with Crippen molar-refractivity contribution < 1.29 is 8.78 Å². The summed E-state index contributed by atoms with van der Waals surface area (Å²) < 4.78 is 24.7. The molecule has 0 unspecified atom stereocenters. The zero-order valence-electron chi connectivity index (χ0n) is 5.44. The summed E-state index contributed by atoms with van der Waals surface area (Å²) in [6.07, 6.45) is 0. The zero-order chi connectivity index (χ0) is 7.56. The maximum atomic E-state index is 12.5. The highest BCUT2D eigenvalue weighted by molar-refractivity contribution is 5.48.